The Kier molecular flexibility index (Phi) is 5.57. The molecule has 0 amide bonds. The van der Waals surface area contributed by atoms with E-state index in [1.165, 1.54) is 18.2 Å². The predicted molar refractivity (Wildman–Crippen MR) is 91.1 cm³/mol. The summed E-state index contributed by atoms with van der Waals surface area (Å²) in [5.41, 5.74) is -0.988. The fourth-order valence-corrected chi connectivity index (χ4v) is 5.10. The van der Waals surface area contributed by atoms with Crippen molar-refractivity contribution in [3.05, 3.63) is 24.3 Å². The van der Waals surface area contributed by atoms with Gasteiger partial charge in [-0.15, -0.1) is 0 Å². The van der Waals surface area contributed by atoms with Crippen molar-refractivity contribution in [2.24, 2.45) is 0 Å². The zero-order valence-corrected chi connectivity index (χ0v) is 15.7. The molecule has 0 saturated heterocycles. The van der Waals surface area contributed by atoms with Crippen LogP contribution in [0.25, 0.3) is 0 Å². The maximum atomic E-state index is 12.5. The van der Waals surface area contributed by atoms with E-state index < -0.39 is 31.6 Å². The van der Waals surface area contributed by atoms with Gasteiger partial charge >= 0.3 is 5.97 Å². The second-order valence-corrected chi connectivity index (χ2v) is 10.1. The molecule has 0 bridgehead atoms. The highest BCUT2D eigenvalue weighted by Gasteiger charge is 2.30. The molecule has 1 saturated carbocycles. The minimum absolute atomic E-state index is 0.0849. The maximum Gasteiger partial charge on any atom is 0.303 e. The monoisotopic (exact) mass is 390 g/mol. The summed E-state index contributed by atoms with van der Waals surface area (Å²) in [6, 6.07) is 5.00. The van der Waals surface area contributed by atoms with Crippen molar-refractivity contribution in [1.82, 2.24) is 9.44 Å². The lowest BCUT2D eigenvalue weighted by molar-refractivity contribution is -0.137. The second-order valence-electron chi connectivity index (χ2n) is 6.75. The first kappa shape index (κ1) is 19.8. The maximum absolute atomic E-state index is 12.5. The van der Waals surface area contributed by atoms with Gasteiger partial charge in [0, 0.05) is 18.0 Å². The molecule has 25 heavy (non-hydrogen) atoms. The van der Waals surface area contributed by atoms with Crippen LogP contribution in [0.1, 0.15) is 39.5 Å². The van der Waals surface area contributed by atoms with E-state index in [1.54, 1.807) is 13.8 Å². The Labute approximate surface area is 147 Å². The first-order chi connectivity index (χ1) is 11.4. The zero-order chi connectivity index (χ0) is 18.9. The van der Waals surface area contributed by atoms with Gasteiger partial charge in [0.1, 0.15) is 0 Å². The van der Waals surface area contributed by atoms with Crippen LogP contribution in [0.3, 0.4) is 0 Å². The van der Waals surface area contributed by atoms with Gasteiger partial charge in [0.05, 0.1) is 9.79 Å². The first-order valence-corrected chi connectivity index (χ1v) is 10.8. The molecule has 2 rings (SSSR count). The van der Waals surface area contributed by atoms with E-state index in [0.717, 1.165) is 18.9 Å². The zero-order valence-electron chi connectivity index (χ0n) is 14.0. The number of rotatable bonds is 9. The second kappa shape index (κ2) is 7.02. The quantitative estimate of drug-likeness (QED) is 0.578. The summed E-state index contributed by atoms with van der Waals surface area (Å²) in [5, 5.41) is 8.74. The minimum atomic E-state index is -4.00. The SMILES string of the molecule is CC(C)(CCC(=O)O)NS(=O)(=O)c1cccc(S(=O)(=O)NC2CC2)c1. The molecule has 0 unspecified atom stereocenters. The van der Waals surface area contributed by atoms with E-state index in [2.05, 4.69) is 9.44 Å². The van der Waals surface area contributed by atoms with Crippen LogP contribution < -0.4 is 9.44 Å². The Bertz CT molecular complexity index is 858. The number of hydrogen-bond donors (Lipinski definition) is 3. The van der Waals surface area contributed by atoms with Gasteiger partial charge in [-0.3, -0.25) is 4.79 Å². The highest BCUT2D eigenvalue weighted by molar-refractivity contribution is 7.90. The van der Waals surface area contributed by atoms with Gasteiger partial charge in [-0.1, -0.05) is 6.07 Å². The van der Waals surface area contributed by atoms with Crippen molar-refractivity contribution in [1.29, 1.82) is 0 Å². The number of nitrogens with one attached hydrogen (secondary N) is 2. The molecule has 1 aromatic carbocycles. The van der Waals surface area contributed by atoms with Gasteiger partial charge < -0.3 is 5.11 Å². The normalized spacial score (nSPS) is 15.9. The van der Waals surface area contributed by atoms with E-state index in [0.29, 0.717) is 0 Å². The topological polar surface area (TPSA) is 130 Å². The number of sulfonamides is 2. The Morgan fingerprint density at radius 1 is 1.16 bits per heavy atom. The van der Waals surface area contributed by atoms with Crippen LogP contribution in [0.15, 0.2) is 34.1 Å². The molecule has 10 heteroatoms. The van der Waals surface area contributed by atoms with E-state index in [1.807, 2.05) is 0 Å². The first-order valence-electron chi connectivity index (χ1n) is 7.79. The fraction of sp³-hybridized carbons (Fsp3) is 0.533. The molecule has 0 radical (unpaired) electrons. The van der Waals surface area contributed by atoms with E-state index in [-0.39, 0.29) is 28.7 Å². The van der Waals surface area contributed by atoms with E-state index in [9.17, 15) is 21.6 Å². The van der Waals surface area contributed by atoms with Crippen LogP contribution in [-0.4, -0.2) is 39.5 Å². The minimum Gasteiger partial charge on any atom is -0.481 e. The van der Waals surface area contributed by atoms with Gasteiger partial charge in [0.15, 0.2) is 0 Å². The third-order valence-electron chi connectivity index (χ3n) is 3.70. The lowest BCUT2D eigenvalue weighted by Gasteiger charge is -2.25. The van der Waals surface area contributed by atoms with Crippen LogP contribution in [-0.2, 0) is 24.8 Å². The molecule has 1 aliphatic carbocycles. The summed E-state index contributed by atoms with van der Waals surface area (Å²) in [4.78, 5) is 10.4. The summed E-state index contributed by atoms with van der Waals surface area (Å²) in [7, 11) is -7.76. The highest BCUT2D eigenvalue weighted by Crippen LogP contribution is 2.24. The number of aliphatic carboxylic acids is 1. The lowest BCUT2D eigenvalue weighted by Crippen LogP contribution is -2.43. The highest BCUT2D eigenvalue weighted by atomic mass is 32.2. The molecule has 0 atom stereocenters. The third kappa shape index (κ3) is 5.77. The van der Waals surface area contributed by atoms with Crippen LogP contribution in [0.4, 0.5) is 0 Å². The van der Waals surface area contributed by atoms with Crippen LogP contribution in [0.5, 0.6) is 0 Å². The average Bonchev–Trinajstić information content (AvgIpc) is 3.28. The molecular weight excluding hydrogens is 368 g/mol. The molecule has 0 spiro atoms. The molecule has 1 aromatic rings. The molecule has 0 aromatic heterocycles. The lowest BCUT2D eigenvalue weighted by atomic mass is 10.0. The largest absolute Gasteiger partial charge is 0.481 e. The smallest absolute Gasteiger partial charge is 0.303 e. The fourth-order valence-electron chi connectivity index (χ4n) is 2.19. The summed E-state index contributed by atoms with van der Waals surface area (Å²) in [5.74, 6) is -1.02. The van der Waals surface area contributed by atoms with Crippen LogP contribution in [0.2, 0.25) is 0 Å². The standard InChI is InChI=1S/C15H22N2O6S2/c1-15(2,9-8-14(18)19)17-25(22,23)13-5-3-4-12(10-13)24(20,21)16-11-6-7-11/h3-5,10-11,16-17H,6-9H2,1-2H3,(H,18,19). The Morgan fingerprint density at radius 2 is 1.72 bits per heavy atom. The van der Waals surface area contributed by atoms with Crippen molar-refractivity contribution in [2.75, 3.05) is 0 Å². The van der Waals surface area contributed by atoms with Crippen molar-refractivity contribution in [2.45, 2.75) is 60.9 Å². The number of benzene rings is 1. The van der Waals surface area contributed by atoms with Gasteiger partial charge in [0.2, 0.25) is 20.0 Å². The Balaban J connectivity index is 2.21. The van der Waals surface area contributed by atoms with Crippen molar-refractivity contribution >= 4 is 26.0 Å². The number of hydrogen-bond acceptors (Lipinski definition) is 5. The number of carbonyl (C=O) groups is 1. The third-order valence-corrected chi connectivity index (χ3v) is 6.91. The van der Waals surface area contributed by atoms with Crippen LogP contribution in [0, 0.1) is 0 Å². The average molecular weight is 390 g/mol. The molecule has 0 heterocycles. The molecule has 8 nitrogen and oxygen atoms in total. The summed E-state index contributed by atoms with van der Waals surface area (Å²) in [6.45, 7) is 3.14. The van der Waals surface area contributed by atoms with Gasteiger partial charge in [-0.25, -0.2) is 26.3 Å². The number of carboxylic acids is 1. The molecule has 0 aliphatic heterocycles. The van der Waals surface area contributed by atoms with Gasteiger partial charge in [-0.05, 0) is 51.3 Å². The van der Waals surface area contributed by atoms with E-state index >= 15 is 0 Å². The van der Waals surface area contributed by atoms with Gasteiger partial charge in [0.25, 0.3) is 0 Å². The van der Waals surface area contributed by atoms with Crippen molar-refractivity contribution < 1.29 is 26.7 Å². The Hall–Kier alpha value is -1.49. The summed E-state index contributed by atoms with van der Waals surface area (Å²) >= 11 is 0. The summed E-state index contributed by atoms with van der Waals surface area (Å²) in [6.07, 6.45) is 1.46. The van der Waals surface area contributed by atoms with Gasteiger partial charge in [-0.2, -0.15) is 0 Å². The molecule has 140 valence electrons. The Morgan fingerprint density at radius 3 is 2.24 bits per heavy atom. The van der Waals surface area contributed by atoms with Crippen molar-refractivity contribution in [3.8, 4) is 0 Å². The predicted octanol–water partition coefficient (Wildman–Crippen LogP) is 1.05. The number of carboxylic acid groups (broad SMARTS) is 1. The van der Waals surface area contributed by atoms with Crippen molar-refractivity contribution in [3.63, 3.8) is 0 Å². The molecule has 1 aliphatic rings. The van der Waals surface area contributed by atoms with E-state index in [4.69, 9.17) is 5.11 Å². The molecule has 1 fully saturated rings. The molecule has 3 N–H and O–H groups in total. The molecular formula is C15H22N2O6S2. The summed E-state index contributed by atoms with van der Waals surface area (Å²) < 4.78 is 54.5. The van der Waals surface area contributed by atoms with Crippen LogP contribution >= 0.6 is 0 Å².